The molecule has 0 aliphatic heterocycles. The summed E-state index contributed by atoms with van der Waals surface area (Å²) < 4.78 is 0. The lowest BCUT2D eigenvalue weighted by molar-refractivity contribution is 1.47. The Morgan fingerprint density at radius 2 is 2.23 bits per heavy atom. The molecule has 0 fully saturated rings. The summed E-state index contributed by atoms with van der Waals surface area (Å²) >= 11 is 0. The Balaban J connectivity index is 3.26. The van der Waals surface area contributed by atoms with Crippen molar-refractivity contribution in [2.24, 2.45) is 4.99 Å². The fourth-order valence-electron chi connectivity index (χ4n) is 1.16. The number of hydrogen-bond acceptors (Lipinski definition) is 2. The second-order valence-electron chi connectivity index (χ2n) is 2.94. The third-order valence-corrected chi connectivity index (χ3v) is 1.75. The number of nitrogen functional groups attached to an aromatic ring is 1. The summed E-state index contributed by atoms with van der Waals surface area (Å²) in [6, 6.07) is 5.66. The van der Waals surface area contributed by atoms with E-state index in [4.69, 9.17) is 5.73 Å². The fourth-order valence-corrected chi connectivity index (χ4v) is 1.16. The zero-order valence-corrected chi connectivity index (χ0v) is 8.04. The van der Waals surface area contributed by atoms with Gasteiger partial charge in [0.25, 0.3) is 0 Å². The Kier molecular flexibility index (Phi) is 2.85. The molecule has 0 heterocycles. The predicted octanol–water partition coefficient (Wildman–Crippen LogP) is 3.02. The molecule has 0 unspecified atom stereocenters. The van der Waals surface area contributed by atoms with Crippen LogP contribution in [0.4, 0.5) is 11.4 Å². The Morgan fingerprint density at radius 3 is 2.77 bits per heavy atom. The number of benzene rings is 1. The van der Waals surface area contributed by atoms with Crippen molar-refractivity contribution >= 4 is 23.2 Å². The van der Waals surface area contributed by atoms with Crippen molar-refractivity contribution in [1.82, 2.24) is 0 Å². The second kappa shape index (κ2) is 3.90. The summed E-state index contributed by atoms with van der Waals surface area (Å²) in [7, 11) is 0. The molecule has 1 aromatic rings. The van der Waals surface area contributed by atoms with Gasteiger partial charge in [-0.2, -0.15) is 0 Å². The fraction of sp³-hybridized carbons (Fsp3) is 0.182. The molecule has 2 heteroatoms. The molecule has 68 valence electrons. The molecule has 0 spiro atoms. The van der Waals surface area contributed by atoms with Gasteiger partial charge in [0, 0.05) is 17.5 Å². The SMILES string of the molecule is C=C(C)c1ccc(N)cc1N=CC. The van der Waals surface area contributed by atoms with Crippen LogP contribution in [0.1, 0.15) is 19.4 Å². The van der Waals surface area contributed by atoms with Crippen LogP contribution in [-0.2, 0) is 0 Å². The molecule has 2 N–H and O–H groups in total. The second-order valence-corrected chi connectivity index (χ2v) is 2.94. The Hall–Kier alpha value is -1.57. The molecular weight excluding hydrogens is 160 g/mol. The average Bonchev–Trinajstić information content (AvgIpc) is 2.04. The van der Waals surface area contributed by atoms with E-state index in [2.05, 4.69) is 11.6 Å². The summed E-state index contributed by atoms with van der Waals surface area (Å²) in [5.41, 5.74) is 9.32. The summed E-state index contributed by atoms with van der Waals surface area (Å²) in [6.07, 6.45) is 1.75. The Morgan fingerprint density at radius 1 is 1.54 bits per heavy atom. The molecule has 0 atom stereocenters. The van der Waals surface area contributed by atoms with E-state index in [1.165, 1.54) is 0 Å². The smallest absolute Gasteiger partial charge is 0.0720 e. The molecule has 0 amide bonds. The molecule has 0 saturated heterocycles. The molecule has 0 bridgehead atoms. The van der Waals surface area contributed by atoms with E-state index < -0.39 is 0 Å². The van der Waals surface area contributed by atoms with Crippen LogP contribution in [-0.4, -0.2) is 6.21 Å². The summed E-state index contributed by atoms with van der Waals surface area (Å²) in [5.74, 6) is 0. The van der Waals surface area contributed by atoms with Gasteiger partial charge in [-0.15, -0.1) is 0 Å². The maximum absolute atomic E-state index is 5.65. The van der Waals surface area contributed by atoms with E-state index in [0.29, 0.717) is 0 Å². The minimum Gasteiger partial charge on any atom is -0.399 e. The van der Waals surface area contributed by atoms with Gasteiger partial charge in [0.2, 0.25) is 0 Å². The maximum atomic E-state index is 5.65. The molecule has 0 radical (unpaired) electrons. The Labute approximate surface area is 78.8 Å². The van der Waals surface area contributed by atoms with E-state index in [1.807, 2.05) is 32.0 Å². The van der Waals surface area contributed by atoms with Crippen molar-refractivity contribution in [3.8, 4) is 0 Å². The van der Waals surface area contributed by atoms with Crippen molar-refractivity contribution in [1.29, 1.82) is 0 Å². The first-order valence-corrected chi connectivity index (χ1v) is 4.19. The van der Waals surface area contributed by atoms with E-state index in [0.717, 1.165) is 22.5 Å². The minimum absolute atomic E-state index is 0.727. The van der Waals surface area contributed by atoms with Crippen LogP contribution in [0.5, 0.6) is 0 Å². The minimum atomic E-state index is 0.727. The van der Waals surface area contributed by atoms with Crippen LogP contribution in [0.3, 0.4) is 0 Å². The van der Waals surface area contributed by atoms with Crippen molar-refractivity contribution in [3.05, 3.63) is 30.3 Å². The van der Waals surface area contributed by atoms with Crippen LogP contribution < -0.4 is 5.73 Å². The van der Waals surface area contributed by atoms with Crippen LogP contribution in [0, 0.1) is 0 Å². The molecule has 0 aliphatic carbocycles. The summed E-state index contributed by atoms with van der Waals surface area (Å²) in [6.45, 7) is 7.72. The molecule has 13 heavy (non-hydrogen) atoms. The molecular formula is C11H14N2. The van der Waals surface area contributed by atoms with Crippen LogP contribution >= 0.6 is 0 Å². The molecule has 0 aromatic heterocycles. The van der Waals surface area contributed by atoms with E-state index in [-0.39, 0.29) is 0 Å². The maximum Gasteiger partial charge on any atom is 0.0720 e. The van der Waals surface area contributed by atoms with Gasteiger partial charge >= 0.3 is 0 Å². The van der Waals surface area contributed by atoms with Gasteiger partial charge in [0.05, 0.1) is 5.69 Å². The predicted molar refractivity (Wildman–Crippen MR) is 59.4 cm³/mol. The van der Waals surface area contributed by atoms with Crippen LogP contribution in [0.25, 0.3) is 5.57 Å². The lowest BCUT2D eigenvalue weighted by Gasteiger charge is -2.05. The Bertz CT molecular complexity index is 351. The third kappa shape index (κ3) is 2.18. The number of hydrogen-bond donors (Lipinski definition) is 1. The molecule has 0 saturated carbocycles. The number of rotatable bonds is 2. The van der Waals surface area contributed by atoms with Gasteiger partial charge in [-0.05, 0) is 31.6 Å². The highest BCUT2D eigenvalue weighted by Crippen LogP contribution is 2.27. The van der Waals surface area contributed by atoms with Crippen molar-refractivity contribution in [2.75, 3.05) is 5.73 Å². The highest BCUT2D eigenvalue weighted by molar-refractivity contribution is 5.77. The van der Waals surface area contributed by atoms with Crippen molar-refractivity contribution < 1.29 is 0 Å². The van der Waals surface area contributed by atoms with E-state index in [1.54, 1.807) is 6.21 Å². The zero-order chi connectivity index (χ0) is 9.84. The standard InChI is InChI=1S/C11H14N2/c1-4-13-11-7-9(12)5-6-10(11)8(2)3/h4-7H,2,12H2,1,3H3. The third-order valence-electron chi connectivity index (χ3n) is 1.75. The normalized spacial score (nSPS) is 10.6. The van der Waals surface area contributed by atoms with E-state index in [9.17, 15) is 0 Å². The number of aliphatic imine (C=N–C) groups is 1. The highest BCUT2D eigenvalue weighted by atomic mass is 14.7. The van der Waals surface area contributed by atoms with Crippen LogP contribution in [0.2, 0.25) is 0 Å². The first-order valence-electron chi connectivity index (χ1n) is 4.19. The summed E-state index contributed by atoms with van der Waals surface area (Å²) in [4.78, 5) is 4.22. The van der Waals surface area contributed by atoms with Crippen molar-refractivity contribution in [3.63, 3.8) is 0 Å². The number of nitrogens with two attached hydrogens (primary N) is 1. The quantitative estimate of drug-likeness (QED) is 0.543. The zero-order valence-electron chi connectivity index (χ0n) is 8.04. The monoisotopic (exact) mass is 174 g/mol. The largest absolute Gasteiger partial charge is 0.399 e. The van der Waals surface area contributed by atoms with Gasteiger partial charge in [0.15, 0.2) is 0 Å². The lowest BCUT2D eigenvalue weighted by atomic mass is 10.1. The summed E-state index contributed by atoms with van der Waals surface area (Å²) in [5, 5.41) is 0. The van der Waals surface area contributed by atoms with Crippen molar-refractivity contribution in [2.45, 2.75) is 13.8 Å². The van der Waals surface area contributed by atoms with Gasteiger partial charge in [-0.25, -0.2) is 0 Å². The topological polar surface area (TPSA) is 38.4 Å². The highest BCUT2D eigenvalue weighted by Gasteiger charge is 2.00. The lowest BCUT2D eigenvalue weighted by Crippen LogP contribution is -1.86. The van der Waals surface area contributed by atoms with Gasteiger partial charge in [0.1, 0.15) is 0 Å². The molecule has 0 aliphatic rings. The molecule has 2 nitrogen and oxygen atoms in total. The first kappa shape index (κ1) is 9.52. The molecule has 1 aromatic carbocycles. The average molecular weight is 174 g/mol. The van der Waals surface area contributed by atoms with Crippen LogP contribution in [0.15, 0.2) is 29.8 Å². The van der Waals surface area contributed by atoms with Gasteiger partial charge < -0.3 is 5.73 Å². The number of nitrogens with zero attached hydrogens (tertiary/aromatic N) is 1. The number of anilines is 1. The van der Waals surface area contributed by atoms with E-state index >= 15 is 0 Å². The first-order chi connectivity index (χ1) is 6.15. The number of allylic oxidation sites excluding steroid dienone is 1. The molecule has 1 rings (SSSR count). The van der Waals surface area contributed by atoms with Gasteiger partial charge in [-0.3, -0.25) is 4.99 Å². The van der Waals surface area contributed by atoms with Gasteiger partial charge in [-0.1, -0.05) is 12.6 Å².